The number of ether oxygens (including phenoxy) is 2. The topological polar surface area (TPSA) is 73.7 Å². The van der Waals surface area contributed by atoms with E-state index in [2.05, 4.69) is 5.10 Å². The lowest BCUT2D eigenvalue weighted by molar-refractivity contribution is 0.0167. The molecule has 0 aliphatic carbocycles. The first-order chi connectivity index (χ1) is 11.0. The summed E-state index contributed by atoms with van der Waals surface area (Å²) in [5.41, 5.74) is 1.04. The average Bonchev–Trinajstić information content (AvgIpc) is 2.74. The van der Waals surface area contributed by atoms with Gasteiger partial charge < -0.3 is 14.4 Å². The molecule has 7 heteroatoms. The Kier molecular flexibility index (Phi) is 4.65. The van der Waals surface area contributed by atoms with Crippen LogP contribution in [0.2, 0.25) is 0 Å². The van der Waals surface area contributed by atoms with Crippen LogP contribution in [0.4, 0.5) is 4.79 Å². The van der Waals surface area contributed by atoms with E-state index in [-0.39, 0.29) is 30.4 Å². The molecule has 0 fully saturated rings. The minimum Gasteiger partial charge on any atom is -0.461 e. The summed E-state index contributed by atoms with van der Waals surface area (Å²) in [4.78, 5) is 26.3. The standard InChI is InChI=1S/C17H27N3O4/c1-8-23-14(21)12-11-9-20(15(22)24-16(2,3)4)10-17(5,6)13(11)19(7)18-12/h8-10H2,1-7H3. The number of aryl methyl sites for hydroxylation is 1. The first kappa shape index (κ1) is 18.3. The van der Waals surface area contributed by atoms with Crippen LogP contribution in [0.25, 0.3) is 0 Å². The van der Waals surface area contributed by atoms with Crippen molar-refractivity contribution in [1.29, 1.82) is 0 Å². The van der Waals surface area contributed by atoms with Crippen LogP contribution in [-0.4, -0.2) is 45.5 Å². The van der Waals surface area contributed by atoms with E-state index < -0.39 is 11.6 Å². The van der Waals surface area contributed by atoms with Crippen molar-refractivity contribution >= 4 is 12.1 Å². The number of esters is 1. The fourth-order valence-corrected chi connectivity index (χ4v) is 3.18. The molecule has 1 aliphatic heterocycles. The summed E-state index contributed by atoms with van der Waals surface area (Å²) in [5, 5.41) is 4.34. The van der Waals surface area contributed by atoms with Gasteiger partial charge in [-0.2, -0.15) is 5.10 Å². The molecule has 1 amide bonds. The van der Waals surface area contributed by atoms with E-state index in [4.69, 9.17) is 9.47 Å². The Morgan fingerprint density at radius 2 is 1.92 bits per heavy atom. The molecule has 2 rings (SSSR count). The van der Waals surface area contributed by atoms with Crippen LogP contribution in [0.15, 0.2) is 0 Å². The summed E-state index contributed by atoms with van der Waals surface area (Å²) < 4.78 is 12.3. The van der Waals surface area contributed by atoms with Gasteiger partial charge in [0.2, 0.25) is 0 Å². The predicted octanol–water partition coefficient (Wildman–Crippen LogP) is 2.63. The normalized spacial score (nSPS) is 16.5. The predicted molar refractivity (Wildman–Crippen MR) is 88.8 cm³/mol. The van der Waals surface area contributed by atoms with Crippen LogP contribution in [0.3, 0.4) is 0 Å². The van der Waals surface area contributed by atoms with Gasteiger partial charge in [0.25, 0.3) is 0 Å². The van der Waals surface area contributed by atoms with Crippen LogP contribution in [0.5, 0.6) is 0 Å². The molecule has 0 spiro atoms. The maximum atomic E-state index is 12.5. The molecule has 0 radical (unpaired) electrons. The van der Waals surface area contributed by atoms with Gasteiger partial charge in [-0.25, -0.2) is 9.59 Å². The Morgan fingerprint density at radius 3 is 2.46 bits per heavy atom. The average molecular weight is 337 g/mol. The number of aromatic nitrogens is 2. The van der Waals surface area contributed by atoms with Crippen molar-refractivity contribution in [3.8, 4) is 0 Å². The number of hydrogen-bond acceptors (Lipinski definition) is 5. The highest BCUT2D eigenvalue weighted by Gasteiger charge is 2.41. The second-order valence-corrected chi connectivity index (χ2v) is 7.74. The minimum absolute atomic E-state index is 0.274. The van der Waals surface area contributed by atoms with E-state index in [1.54, 1.807) is 16.5 Å². The van der Waals surface area contributed by atoms with E-state index in [1.165, 1.54) is 0 Å². The Balaban J connectivity index is 2.40. The Bertz CT molecular complexity index is 656. The van der Waals surface area contributed by atoms with E-state index >= 15 is 0 Å². The Labute approximate surface area is 142 Å². The third kappa shape index (κ3) is 3.55. The molecule has 1 aromatic heterocycles. The maximum absolute atomic E-state index is 12.5. The number of carbonyl (C=O) groups excluding carboxylic acids is 2. The molecule has 1 aliphatic rings. The zero-order valence-electron chi connectivity index (χ0n) is 15.6. The lowest BCUT2D eigenvalue weighted by Gasteiger charge is -2.39. The summed E-state index contributed by atoms with van der Waals surface area (Å²) >= 11 is 0. The van der Waals surface area contributed by atoms with Gasteiger partial charge in [0.15, 0.2) is 5.69 Å². The molecular weight excluding hydrogens is 310 g/mol. The summed E-state index contributed by atoms with van der Waals surface area (Å²) in [7, 11) is 1.81. The lowest BCUT2D eigenvalue weighted by Crippen LogP contribution is -2.47. The molecule has 134 valence electrons. The smallest absolute Gasteiger partial charge is 0.410 e. The van der Waals surface area contributed by atoms with Crippen LogP contribution >= 0.6 is 0 Å². The minimum atomic E-state index is -0.569. The molecule has 1 aromatic rings. The highest BCUT2D eigenvalue weighted by Crippen LogP contribution is 2.35. The van der Waals surface area contributed by atoms with E-state index in [9.17, 15) is 9.59 Å². The molecule has 7 nitrogen and oxygen atoms in total. The summed E-state index contributed by atoms with van der Waals surface area (Å²) in [6.45, 7) is 12.4. The molecule has 24 heavy (non-hydrogen) atoms. The van der Waals surface area contributed by atoms with Gasteiger partial charge in [-0.15, -0.1) is 0 Å². The lowest BCUT2D eigenvalue weighted by atomic mass is 9.82. The molecule has 0 atom stereocenters. The third-order valence-electron chi connectivity index (χ3n) is 3.84. The Morgan fingerprint density at radius 1 is 1.29 bits per heavy atom. The second kappa shape index (κ2) is 6.11. The van der Waals surface area contributed by atoms with Gasteiger partial charge >= 0.3 is 12.1 Å². The summed E-state index contributed by atoms with van der Waals surface area (Å²) in [5.74, 6) is -0.462. The quantitative estimate of drug-likeness (QED) is 0.776. The number of rotatable bonds is 2. The highest BCUT2D eigenvalue weighted by molar-refractivity contribution is 5.89. The zero-order valence-corrected chi connectivity index (χ0v) is 15.6. The first-order valence-corrected chi connectivity index (χ1v) is 8.17. The molecule has 0 N–H and O–H groups in total. The van der Waals surface area contributed by atoms with E-state index in [1.807, 2.05) is 41.7 Å². The van der Waals surface area contributed by atoms with Crippen molar-refractivity contribution in [2.75, 3.05) is 13.2 Å². The third-order valence-corrected chi connectivity index (χ3v) is 3.84. The number of fused-ring (bicyclic) bond motifs is 1. The molecule has 0 aromatic carbocycles. The molecule has 0 bridgehead atoms. The van der Waals surface area contributed by atoms with Crippen LogP contribution < -0.4 is 0 Å². The molecule has 0 saturated heterocycles. The van der Waals surface area contributed by atoms with Crippen LogP contribution in [-0.2, 0) is 28.5 Å². The van der Waals surface area contributed by atoms with Gasteiger partial charge in [-0.3, -0.25) is 4.68 Å². The SMILES string of the molecule is CCOC(=O)c1nn(C)c2c1CN(C(=O)OC(C)(C)C)CC2(C)C. The highest BCUT2D eigenvalue weighted by atomic mass is 16.6. The van der Waals surface area contributed by atoms with Crippen LogP contribution in [0, 0.1) is 0 Å². The van der Waals surface area contributed by atoms with Gasteiger partial charge in [0.1, 0.15) is 5.60 Å². The maximum Gasteiger partial charge on any atom is 0.410 e. The number of hydrogen-bond donors (Lipinski definition) is 0. The van der Waals surface area contributed by atoms with E-state index in [0.29, 0.717) is 6.54 Å². The van der Waals surface area contributed by atoms with Crippen molar-refractivity contribution in [3.05, 3.63) is 17.0 Å². The van der Waals surface area contributed by atoms with Crippen molar-refractivity contribution in [2.45, 2.75) is 59.1 Å². The fourth-order valence-electron chi connectivity index (χ4n) is 3.18. The first-order valence-electron chi connectivity index (χ1n) is 8.17. The van der Waals surface area contributed by atoms with Crippen LogP contribution in [0.1, 0.15) is 63.3 Å². The zero-order chi connectivity index (χ0) is 18.3. The molecule has 2 heterocycles. The fraction of sp³-hybridized carbons (Fsp3) is 0.706. The van der Waals surface area contributed by atoms with Gasteiger partial charge in [0, 0.05) is 24.6 Å². The van der Waals surface area contributed by atoms with Crippen molar-refractivity contribution in [2.24, 2.45) is 7.05 Å². The number of carbonyl (C=O) groups is 2. The van der Waals surface area contributed by atoms with Gasteiger partial charge in [0.05, 0.1) is 18.8 Å². The van der Waals surface area contributed by atoms with Crippen molar-refractivity contribution in [1.82, 2.24) is 14.7 Å². The van der Waals surface area contributed by atoms with Gasteiger partial charge in [-0.1, -0.05) is 13.8 Å². The molecule has 0 saturated carbocycles. The summed E-state index contributed by atoms with van der Waals surface area (Å²) in [6.07, 6.45) is -0.389. The number of amides is 1. The van der Waals surface area contributed by atoms with Gasteiger partial charge in [-0.05, 0) is 27.7 Å². The number of nitrogens with zero attached hydrogens (tertiary/aromatic N) is 3. The molecular formula is C17H27N3O4. The van der Waals surface area contributed by atoms with Crippen molar-refractivity contribution < 1.29 is 19.1 Å². The van der Waals surface area contributed by atoms with Crippen molar-refractivity contribution in [3.63, 3.8) is 0 Å². The summed E-state index contributed by atoms with van der Waals surface area (Å²) in [6, 6.07) is 0. The Hall–Kier alpha value is -2.05. The monoisotopic (exact) mass is 337 g/mol. The largest absolute Gasteiger partial charge is 0.461 e. The second-order valence-electron chi connectivity index (χ2n) is 7.74. The molecule has 0 unspecified atom stereocenters. The van der Waals surface area contributed by atoms with E-state index in [0.717, 1.165) is 11.3 Å².